The molecule has 0 fully saturated rings. The molecule has 0 aliphatic carbocycles. The van der Waals surface area contributed by atoms with Gasteiger partial charge in [-0.05, 0) is 23.9 Å². The monoisotopic (exact) mass is 265 g/mol. The molecular formula is C7H11N3S4. The predicted octanol–water partition coefficient (Wildman–Crippen LogP) is 2.85. The maximum Gasteiger partial charge on any atom is 0.176 e. The second-order valence-electron chi connectivity index (χ2n) is 2.14. The van der Waals surface area contributed by atoms with Gasteiger partial charge < -0.3 is 0 Å². The molecule has 0 atom stereocenters. The Morgan fingerprint density at radius 2 is 2.14 bits per heavy atom. The van der Waals surface area contributed by atoms with Crippen molar-refractivity contribution >= 4 is 52.4 Å². The third kappa shape index (κ3) is 3.38. The maximum atomic E-state index is 5.32. The van der Waals surface area contributed by atoms with Crippen molar-refractivity contribution in [3.05, 3.63) is 10.5 Å². The predicted molar refractivity (Wildman–Crippen MR) is 69.7 cm³/mol. The van der Waals surface area contributed by atoms with Crippen LogP contribution in [0.2, 0.25) is 0 Å². The molecule has 1 rings (SSSR count). The Balaban J connectivity index is 2.63. The maximum absolute atomic E-state index is 5.32. The molecule has 0 saturated heterocycles. The van der Waals surface area contributed by atoms with E-state index < -0.39 is 0 Å². The molecular weight excluding hydrogens is 254 g/mol. The van der Waals surface area contributed by atoms with Crippen LogP contribution in [0.15, 0.2) is 5.51 Å². The van der Waals surface area contributed by atoms with Gasteiger partial charge in [-0.15, -0.1) is 10.2 Å². The SMILES string of the molecule is CCSN(SCC)C(=S)c1nncs1. The molecule has 7 heteroatoms. The third-order valence-corrected chi connectivity index (χ3v) is 4.62. The number of nitrogens with zero attached hydrogens (tertiary/aromatic N) is 3. The highest BCUT2D eigenvalue weighted by molar-refractivity contribution is 8.13. The van der Waals surface area contributed by atoms with E-state index in [0.29, 0.717) is 0 Å². The van der Waals surface area contributed by atoms with E-state index in [1.54, 1.807) is 29.4 Å². The summed E-state index contributed by atoms with van der Waals surface area (Å²) in [6.07, 6.45) is 0. The van der Waals surface area contributed by atoms with E-state index in [4.69, 9.17) is 12.2 Å². The zero-order valence-electron chi connectivity index (χ0n) is 7.97. The van der Waals surface area contributed by atoms with Crippen LogP contribution in [0.1, 0.15) is 18.9 Å². The van der Waals surface area contributed by atoms with Crippen molar-refractivity contribution in [3.8, 4) is 0 Å². The topological polar surface area (TPSA) is 29.0 Å². The average Bonchev–Trinajstić information content (AvgIpc) is 2.69. The minimum absolute atomic E-state index is 0.770. The van der Waals surface area contributed by atoms with E-state index in [1.807, 2.05) is 3.71 Å². The average molecular weight is 265 g/mol. The Hall–Kier alpha value is 0.150. The van der Waals surface area contributed by atoms with Crippen molar-refractivity contribution in [2.45, 2.75) is 13.8 Å². The van der Waals surface area contributed by atoms with Gasteiger partial charge in [0.25, 0.3) is 0 Å². The van der Waals surface area contributed by atoms with E-state index in [2.05, 4.69) is 24.0 Å². The summed E-state index contributed by atoms with van der Waals surface area (Å²) in [6.45, 7) is 4.22. The Labute approximate surface area is 102 Å². The van der Waals surface area contributed by atoms with Gasteiger partial charge in [-0.3, -0.25) is 0 Å². The quantitative estimate of drug-likeness (QED) is 0.601. The highest BCUT2D eigenvalue weighted by Crippen LogP contribution is 2.25. The first-order chi connectivity index (χ1) is 6.79. The molecule has 0 aromatic carbocycles. The summed E-state index contributed by atoms with van der Waals surface area (Å²) in [4.78, 5) is 0.770. The van der Waals surface area contributed by atoms with Gasteiger partial charge in [0.2, 0.25) is 0 Å². The fraction of sp³-hybridized carbons (Fsp3) is 0.571. The van der Waals surface area contributed by atoms with Crippen LogP contribution in [-0.2, 0) is 0 Å². The van der Waals surface area contributed by atoms with Crippen LogP contribution in [0.4, 0.5) is 0 Å². The van der Waals surface area contributed by atoms with Gasteiger partial charge in [-0.25, -0.2) is 3.71 Å². The summed E-state index contributed by atoms with van der Waals surface area (Å²) in [6, 6.07) is 0. The van der Waals surface area contributed by atoms with Gasteiger partial charge >= 0.3 is 0 Å². The van der Waals surface area contributed by atoms with Crippen molar-refractivity contribution in [2.24, 2.45) is 0 Å². The third-order valence-electron chi connectivity index (χ3n) is 1.20. The van der Waals surface area contributed by atoms with E-state index in [-0.39, 0.29) is 0 Å². The molecule has 0 bridgehead atoms. The number of aromatic nitrogens is 2. The molecule has 1 aromatic rings. The molecule has 1 aromatic heterocycles. The van der Waals surface area contributed by atoms with Crippen molar-refractivity contribution < 1.29 is 0 Å². The van der Waals surface area contributed by atoms with Crippen LogP contribution in [0.5, 0.6) is 0 Å². The first-order valence-electron chi connectivity index (χ1n) is 4.16. The highest BCUT2D eigenvalue weighted by atomic mass is 32.2. The second-order valence-corrected chi connectivity index (χ2v) is 5.99. The van der Waals surface area contributed by atoms with E-state index in [9.17, 15) is 0 Å². The molecule has 0 aliphatic heterocycles. The first kappa shape index (κ1) is 12.2. The largest absolute Gasteiger partial charge is 0.245 e. The highest BCUT2D eigenvalue weighted by Gasteiger charge is 2.14. The van der Waals surface area contributed by atoms with Gasteiger partial charge in [0.1, 0.15) is 5.51 Å². The molecule has 0 amide bonds. The standard InChI is InChI=1S/C7H11N3S4/c1-3-13-10(14-4-2)7(11)6-9-8-5-12-6/h5H,3-4H2,1-2H3. The Bertz CT molecular complexity index is 268. The lowest BCUT2D eigenvalue weighted by Gasteiger charge is -2.18. The molecule has 0 radical (unpaired) electrons. The zero-order valence-corrected chi connectivity index (χ0v) is 11.2. The Kier molecular flexibility index (Phi) is 5.76. The van der Waals surface area contributed by atoms with Crippen LogP contribution < -0.4 is 0 Å². The molecule has 0 N–H and O–H groups in total. The summed E-state index contributed by atoms with van der Waals surface area (Å²) in [7, 11) is 0. The number of rotatable bonds is 5. The molecule has 14 heavy (non-hydrogen) atoms. The number of hydrogen-bond acceptors (Lipinski definition) is 6. The summed E-state index contributed by atoms with van der Waals surface area (Å²) in [5.74, 6) is 2.01. The van der Waals surface area contributed by atoms with Crippen LogP contribution in [-0.4, -0.2) is 30.4 Å². The molecule has 78 valence electrons. The normalized spacial score (nSPS) is 10.1. The van der Waals surface area contributed by atoms with Gasteiger partial charge in [-0.1, -0.05) is 37.4 Å². The Morgan fingerprint density at radius 1 is 1.50 bits per heavy atom. The molecule has 1 heterocycles. The summed E-state index contributed by atoms with van der Waals surface area (Å²) >= 11 is 10.2. The summed E-state index contributed by atoms with van der Waals surface area (Å²) in [5.41, 5.74) is 1.70. The molecule has 3 nitrogen and oxygen atoms in total. The zero-order chi connectivity index (χ0) is 10.4. The van der Waals surface area contributed by atoms with Gasteiger partial charge in [-0.2, -0.15) is 0 Å². The van der Waals surface area contributed by atoms with Crippen molar-refractivity contribution in [3.63, 3.8) is 0 Å². The van der Waals surface area contributed by atoms with Crippen LogP contribution in [0, 0.1) is 0 Å². The van der Waals surface area contributed by atoms with Gasteiger partial charge in [0.05, 0.1) is 0 Å². The van der Waals surface area contributed by atoms with Crippen molar-refractivity contribution in [2.75, 3.05) is 11.5 Å². The lowest BCUT2D eigenvalue weighted by molar-refractivity contribution is 1.05. The number of hydrogen-bond donors (Lipinski definition) is 0. The minimum atomic E-state index is 0.770. The summed E-state index contributed by atoms with van der Waals surface area (Å²) in [5, 5.41) is 8.56. The Morgan fingerprint density at radius 3 is 2.57 bits per heavy atom. The van der Waals surface area contributed by atoms with Crippen molar-refractivity contribution in [1.29, 1.82) is 0 Å². The van der Waals surface area contributed by atoms with E-state index >= 15 is 0 Å². The molecule has 0 unspecified atom stereocenters. The van der Waals surface area contributed by atoms with E-state index in [0.717, 1.165) is 21.5 Å². The van der Waals surface area contributed by atoms with Crippen LogP contribution in [0.25, 0.3) is 0 Å². The summed E-state index contributed by atoms with van der Waals surface area (Å²) < 4.78 is 2.04. The first-order valence-corrected chi connectivity index (χ1v) is 7.33. The fourth-order valence-corrected chi connectivity index (χ4v) is 3.64. The number of thiocarbonyl (C=S) groups is 1. The van der Waals surface area contributed by atoms with Crippen LogP contribution in [0.3, 0.4) is 0 Å². The van der Waals surface area contributed by atoms with E-state index in [1.165, 1.54) is 11.3 Å². The molecule has 0 saturated carbocycles. The second kappa shape index (κ2) is 6.60. The van der Waals surface area contributed by atoms with Crippen molar-refractivity contribution in [1.82, 2.24) is 13.9 Å². The molecule has 0 aliphatic rings. The smallest absolute Gasteiger partial charge is 0.176 e. The fourth-order valence-electron chi connectivity index (χ4n) is 0.733. The van der Waals surface area contributed by atoms with Crippen LogP contribution >= 0.6 is 47.5 Å². The van der Waals surface area contributed by atoms with Gasteiger partial charge in [0, 0.05) is 11.5 Å². The molecule has 0 spiro atoms. The lowest BCUT2D eigenvalue weighted by atomic mass is 10.7. The minimum Gasteiger partial charge on any atom is -0.245 e. The van der Waals surface area contributed by atoms with Gasteiger partial charge in [0.15, 0.2) is 10.00 Å². The lowest BCUT2D eigenvalue weighted by Crippen LogP contribution is -2.16.